The van der Waals surface area contributed by atoms with Gasteiger partial charge in [0.1, 0.15) is 12.0 Å². The second kappa shape index (κ2) is 4.77. The molecule has 0 saturated carbocycles. The summed E-state index contributed by atoms with van der Waals surface area (Å²) in [5.41, 5.74) is 0. The average molecular weight is 142 g/mol. The molecule has 1 unspecified atom stereocenters. The lowest BCUT2D eigenvalue weighted by molar-refractivity contribution is -0.145. The number of ether oxygens (including phenoxy) is 1. The quantitative estimate of drug-likeness (QED) is 0.430. The van der Waals surface area contributed by atoms with Crippen LogP contribution in [0.1, 0.15) is 20.3 Å². The largest absolute Gasteiger partial charge is 0.463 e. The molecule has 0 heterocycles. The fourth-order valence-electron chi connectivity index (χ4n) is 0.546. The molecule has 0 aliphatic rings. The molecule has 0 aromatic carbocycles. The van der Waals surface area contributed by atoms with Crippen molar-refractivity contribution >= 4 is 11.9 Å². The van der Waals surface area contributed by atoms with Crippen LogP contribution in [0.4, 0.5) is 0 Å². The minimum atomic E-state index is -0.327. The van der Waals surface area contributed by atoms with E-state index in [0.717, 1.165) is 0 Å². The summed E-state index contributed by atoms with van der Waals surface area (Å²) in [4.78, 5) is 20.0. The Morgan fingerprint density at radius 3 is 2.80 bits per heavy atom. The zero-order valence-corrected chi connectivity index (χ0v) is 6.09. The van der Waals surface area contributed by atoms with Crippen LogP contribution in [0.15, 0.2) is 6.08 Å². The van der Waals surface area contributed by atoms with Crippen molar-refractivity contribution in [3.63, 3.8) is 0 Å². The maximum atomic E-state index is 10.3. The van der Waals surface area contributed by atoms with Crippen molar-refractivity contribution in [3.8, 4) is 0 Å². The first kappa shape index (κ1) is 8.92. The molecule has 0 aliphatic heterocycles. The van der Waals surface area contributed by atoms with Crippen LogP contribution < -0.4 is 0 Å². The molecule has 0 spiro atoms. The topological polar surface area (TPSA) is 43.4 Å². The number of carbonyl (C=O) groups is 1. The normalized spacial score (nSPS) is 11.4. The lowest BCUT2D eigenvalue weighted by Gasteiger charge is -2.06. The smallest absolute Gasteiger partial charge is 0.302 e. The van der Waals surface area contributed by atoms with Gasteiger partial charge in [0.2, 0.25) is 0 Å². The van der Waals surface area contributed by atoms with E-state index in [2.05, 4.69) is 0 Å². The molecular weight excluding hydrogens is 132 g/mol. The second-order valence-electron chi connectivity index (χ2n) is 1.98. The molecule has 0 aliphatic carbocycles. The van der Waals surface area contributed by atoms with Crippen LogP contribution in [-0.4, -0.2) is 18.0 Å². The van der Waals surface area contributed by atoms with Gasteiger partial charge < -0.3 is 4.74 Å². The Morgan fingerprint density at radius 2 is 2.40 bits per heavy atom. The summed E-state index contributed by atoms with van der Waals surface area (Å²) < 4.78 is 4.70. The van der Waals surface area contributed by atoms with E-state index in [1.54, 1.807) is 12.9 Å². The Balaban J connectivity index is 3.52. The predicted octanol–water partition coefficient (Wildman–Crippen LogP) is 0.716. The highest BCUT2D eigenvalue weighted by molar-refractivity contribution is 5.66. The Morgan fingerprint density at radius 1 is 1.80 bits per heavy atom. The van der Waals surface area contributed by atoms with E-state index in [-0.39, 0.29) is 12.1 Å². The fourth-order valence-corrected chi connectivity index (χ4v) is 0.546. The van der Waals surface area contributed by atoms with Crippen molar-refractivity contribution in [1.29, 1.82) is 0 Å². The van der Waals surface area contributed by atoms with E-state index in [1.165, 1.54) is 13.0 Å². The van der Waals surface area contributed by atoms with Crippen LogP contribution >= 0.6 is 0 Å². The van der Waals surface area contributed by atoms with Crippen LogP contribution in [0, 0.1) is 0 Å². The van der Waals surface area contributed by atoms with Gasteiger partial charge in [-0.05, 0) is 6.92 Å². The van der Waals surface area contributed by atoms with Gasteiger partial charge in [0.05, 0.1) is 0 Å². The third-order valence-corrected chi connectivity index (χ3v) is 0.900. The van der Waals surface area contributed by atoms with Crippen LogP contribution in [-0.2, 0) is 14.3 Å². The first-order chi connectivity index (χ1) is 4.66. The molecule has 0 bridgehead atoms. The van der Waals surface area contributed by atoms with E-state index in [0.29, 0.717) is 6.42 Å². The van der Waals surface area contributed by atoms with Crippen molar-refractivity contribution in [2.24, 2.45) is 0 Å². The molecule has 0 radical (unpaired) electrons. The summed E-state index contributed by atoms with van der Waals surface area (Å²) in [7, 11) is 0. The zero-order valence-electron chi connectivity index (χ0n) is 6.09. The van der Waals surface area contributed by atoms with Gasteiger partial charge in [0.25, 0.3) is 0 Å². The molecule has 0 aromatic rings. The highest BCUT2D eigenvalue weighted by atomic mass is 16.5. The summed E-state index contributed by atoms with van der Waals surface area (Å²) in [6.45, 7) is 3.05. The monoisotopic (exact) mass is 142 g/mol. The molecule has 10 heavy (non-hydrogen) atoms. The first-order valence-electron chi connectivity index (χ1n) is 3.03. The molecule has 0 amide bonds. The Bertz CT molecular complexity index is 152. The molecule has 0 fully saturated rings. The fraction of sp³-hybridized carbons (Fsp3) is 0.571. The molecule has 0 saturated heterocycles. The van der Waals surface area contributed by atoms with Gasteiger partial charge in [0.15, 0.2) is 0 Å². The SMILES string of the molecule is CC(=O)OC(C)CC=C=O. The van der Waals surface area contributed by atoms with Gasteiger partial charge in [0, 0.05) is 19.4 Å². The number of hydrogen-bond donors (Lipinski definition) is 0. The highest BCUT2D eigenvalue weighted by Gasteiger charge is 2.01. The number of rotatable bonds is 3. The van der Waals surface area contributed by atoms with Crippen molar-refractivity contribution < 1.29 is 14.3 Å². The third-order valence-electron chi connectivity index (χ3n) is 0.900. The first-order valence-corrected chi connectivity index (χ1v) is 3.03. The van der Waals surface area contributed by atoms with E-state index in [4.69, 9.17) is 4.74 Å². The third kappa shape index (κ3) is 5.06. The van der Waals surface area contributed by atoms with Crippen LogP contribution in [0.25, 0.3) is 0 Å². The van der Waals surface area contributed by atoms with Crippen LogP contribution in [0.5, 0.6) is 0 Å². The Labute approximate surface area is 59.7 Å². The lowest BCUT2D eigenvalue weighted by Crippen LogP contribution is -2.10. The van der Waals surface area contributed by atoms with Gasteiger partial charge in [-0.25, -0.2) is 4.79 Å². The molecule has 3 heteroatoms. The van der Waals surface area contributed by atoms with Gasteiger partial charge in [-0.3, -0.25) is 4.79 Å². The summed E-state index contributed by atoms with van der Waals surface area (Å²) in [6.07, 6.45) is 1.51. The molecular formula is C7H10O3. The Kier molecular flexibility index (Phi) is 4.25. The summed E-state index contributed by atoms with van der Waals surface area (Å²) in [5, 5.41) is 0. The van der Waals surface area contributed by atoms with Gasteiger partial charge >= 0.3 is 5.97 Å². The predicted molar refractivity (Wildman–Crippen MR) is 36.1 cm³/mol. The summed E-state index contributed by atoms with van der Waals surface area (Å²) in [6, 6.07) is 0. The molecule has 56 valence electrons. The summed E-state index contributed by atoms with van der Waals surface area (Å²) >= 11 is 0. The molecule has 0 N–H and O–H groups in total. The number of hydrogen-bond acceptors (Lipinski definition) is 3. The molecule has 3 nitrogen and oxygen atoms in total. The summed E-state index contributed by atoms with van der Waals surface area (Å²) in [5.74, 6) is 1.28. The van der Waals surface area contributed by atoms with Crippen molar-refractivity contribution in [1.82, 2.24) is 0 Å². The van der Waals surface area contributed by atoms with Crippen molar-refractivity contribution in [2.45, 2.75) is 26.4 Å². The average Bonchev–Trinajstić information content (AvgIpc) is 1.82. The number of carbonyl (C=O) groups excluding carboxylic acids is 2. The maximum Gasteiger partial charge on any atom is 0.302 e. The Hall–Kier alpha value is -1.08. The lowest BCUT2D eigenvalue weighted by atomic mass is 10.3. The van der Waals surface area contributed by atoms with Gasteiger partial charge in [-0.1, -0.05) is 0 Å². The minimum Gasteiger partial charge on any atom is -0.463 e. The van der Waals surface area contributed by atoms with Gasteiger partial charge in [-0.15, -0.1) is 0 Å². The number of esters is 1. The van der Waals surface area contributed by atoms with Crippen LogP contribution in [0.2, 0.25) is 0 Å². The van der Waals surface area contributed by atoms with Crippen LogP contribution in [0.3, 0.4) is 0 Å². The van der Waals surface area contributed by atoms with E-state index < -0.39 is 0 Å². The van der Waals surface area contributed by atoms with E-state index in [1.807, 2.05) is 0 Å². The van der Waals surface area contributed by atoms with Crippen molar-refractivity contribution in [3.05, 3.63) is 6.08 Å². The zero-order chi connectivity index (χ0) is 7.98. The van der Waals surface area contributed by atoms with Crippen molar-refractivity contribution in [2.75, 3.05) is 0 Å². The maximum absolute atomic E-state index is 10.3. The van der Waals surface area contributed by atoms with E-state index >= 15 is 0 Å². The highest BCUT2D eigenvalue weighted by Crippen LogP contribution is 1.96. The van der Waals surface area contributed by atoms with Gasteiger partial charge in [-0.2, -0.15) is 0 Å². The minimum absolute atomic E-state index is 0.223. The molecule has 0 aromatic heterocycles. The molecule has 0 rings (SSSR count). The van der Waals surface area contributed by atoms with E-state index in [9.17, 15) is 9.59 Å². The second-order valence-corrected chi connectivity index (χ2v) is 1.98. The molecule has 1 atom stereocenters. The standard InChI is InChI=1S/C7H10O3/c1-6(4-3-5-8)10-7(2)9/h3,6H,4H2,1-2H3.